The Hall–Kier alpha value is -2.63. The van der Waals surface area contributed by atoms with Crippen molar-refractivity contribution in [3.05, 3.63) is 53.6 Å². The highest BCUT2D eigenvalue weighted by molar-refractivity contribution is 7.89. The van der Waals surface area contributed by atoms with Crippen LogP contribution in [-0.2, 0) is 25.7 Å². The third-order valence-electron chi connectivity index (χ3n) is 6.07. The van der Waals surface area contributed by atoms with Gasteiger partial charge < -0.3 is 15.0 Å². The van der Waals surface area contributed by atoms with Gasteiger partial charge in [0.05, 0.1) is 35.0 Å². The van der Waals surface area contributed by atoms with Gasteiger partial charge in [0.1, 0.15) is 6.04 Å². The van der Waals surface area contributed by atoms with Crippen LogP contribution in [0.15, 0.2) is 47.4 Å². The second-order valence-corrected chi connectivity index (χ2v) is 10.3. The Morgan fingerprint density at radius 2 is 1.74 bits per heavy atom. The Bertz CT molecular complexity index is 1150. The van der Waals surface area contributed by atoms with E-state index in [1.165, 1.54) is 18.2 Å². The number of amides is 1. The van der Waals surface area contributed by atoms with Crippen molar-refractivity contribution in [2.75, 3.05) is 43.1 Å². The molecule has 0 spiro atoms. The van der Waals surface area contributed by atoms with Crippen LogP contribution in [0.25, 0.3) is 0 Å². The molecule has 0 aliphatic carbocycles. The van der Waals surface area contributed by atoms with Crippen LogP contribution in [0.1, 0.15) is 24.0 Å². The maximum Gasteiger partial charge on any atom is 0.416 e. The van der Waals surface area contributed by atoms with E-state index in [1.54, 1.807) is 12.1 Å². The molecule has 11 heteroatoms. The Labute approximate surface area is 196 Å². The summed E-state index contributed by atoms with van der Waals surface area (Å²) in [6.45, 7) is 3.76. The fourth-order valence-electron chi connectivity index (χ4n) is 4.24. The van der Waals surface area contributed by atoms with Gasteiger partial charge in [0, 0.05) is 19.6 Å². The second kappa shape index (κ2) is 9.55. The lowest BCUT2D eigenvalue weighted by atomic mass is 10.1. The third-order valence-corrected chi connectivity index (χ3v) is 7.99. The van der Waals surface area contributed by atoms with Crippen molar-refractivity contribution in [1.82, 2.24) is 4.31 Å². The van der Waals surface area contributed by atoms with Gasteiger partial charge in [0.15, 0.2) is 0 Å². The number of rotatable bonds is 5. The van der Waals surface area contributed by atoms with Gasteiger partial charge in [-0.05, 0) is 50.1 Å². The Balaban J connectivity index is 1.62. The molecule has 0 saturated carbocycles. The molecule has 1 atom stereocenters. The van der Waals surface area contributed by atoms with Crippen molar-refractivity contribution in [3.63, 3.8) is 0 Å². The highest BCUT2D eigenvalue weighted by Gasteiger charge is 2.40. The number of alkyl halides is 3. The number of anilines is 2. The van der Waals surface area contributed by atoms with Gasteiger partial charge in [-0.1, -0.05) is 17.7 Å². The number of benzene rings is 2. The topological polar surface area (TPSA) is 79.0 Å². The zero-order valence-electron chi connectivity index (χ0n) is 18.6. The minimum absolute atomic E-state index is 0.00121. The molecule has 4 rings (SSSR count). The van der Waals surface area contributed by atoms with Crippen molar-refractivity contribution >= 4 is 27.3 Å². The summed E-state index contributed by atoms with van der Waals surface area (Å²) in [4.78, 5) is 15.1. The maximum atomic E-state index is 13.4. The smallest absolute Gasteiger partial charge is 0.378 e. The molecule has 34 heavy (non-hydrogen) atoms. The van der Waals surface area contributed by atoms with E-state index in [-0.39, 0.29) is 23.5 Å². The Morgan fingerprint density at radius 3 is 2.38 bits per heavy atom. The van der Waals surface area contributed by atoms with Crippen LogP contribution in [-0.4, -0.2) is 57.5 Å². The molecule has 2 aliphatic rings. The van der Waals surface area contributed by atoms with E-state index in [0.29, 0.717) is 38.4 Å². The molecule has 0 aromatic heterocycles. The van der Waals surface area contributed by atoms with Gasteiger partial charge in [-0.3, -0.25) is 4.79 Å². The van der Waals surface area contributed by atoms with E-state index in [1.807, 2.05) is 11.8 Å². The summed E-state index contributed by atoms with van der Waals surface area (Å²) >= 11 is 0. The number of morpholine rings is 1. The van der Waals surface area contributed by atoms with E-state index < -0.39 is 33.7 Å². The number of nitrogens with zero attached hydrogens (tertiary/aromatic N) is 2. The lowest BCUT2D eigenvalue weighted by molar-refractivity contribution is -0.137. The van der Waals surface area contributed by atoms with Crippen LogP contribution in [0.4, 0.5) is 24.5 Å². The summed E-state index contributed by atoms with van der Waals surface area (Å²) in [7, 11) is -3.94. The van der Waals surface area contributed by atoms with Gasteiger partial charge in [0.25, 0.3) is 0 Å². The fraction of sp³-hybridized carbons (Fsp3) is 0.435. The molecule has 0 bridgehead atoms. The standard InChI is InChI=1S/C23H26F3N3O4S/c1-16-4-7-18(8-5-16)34(31,32)29-10-2-3-21(29)22(30)27-19-15-17(23(24,25)26)6-9-20(19)28-11-13-33-14-12-28/h4-9,15,21H,2-3,10-14H2,1H3,(H,27,30)/t21-/m0/s1. The van der Waals surface area contributed by atoms with Crippen LogP contribution >= 0.6 is 0 Å². The predicted molar refractivity (Wildman–Crippen MR) is 121 cm³/mol. The van der Waals surface area contributed by atoms with Crippen LogP contribution in [0, 0.1) is 6.92 Å². The first-order valence-corrected chi connectivity index (χ1v) is 12.4. The second-order valence-electron chi connectivity index (χ2n) is 8.41. The first-order valence-electron chi connectivity index (χ1n) is 11.0. The number of nitrogens with one attached hydrogen (secondary N) is 1. The molecule has 0 radical (unpaired) electrons. The lowest BCUT2D eigenvalue weighted by Gasteiger charge is -2.31. The maximum absolute atomic E-state index is 13.4. The average Bonchev–Trinajstić information content (AvgIpc) is 3.30. The summed E-state index contributed by atoms with van der Waals surface area (Å²) in [6.07, 6.45) is -3.83. The van der Waals surface area contributed by atoms with Gasteiger partial charge in [-0.15, -0.1) is 0 Å². The lowest BCUT2D eigenvalue weighted by Crippen LogP contribution is -2.43. The molecular weight excluding hydrogens is 471 g/mol. The SMILES string of the molecule is Cc1ccc(S(=O)(=O)N2CCC[C@H]2C(=O)Nc2cc(C(F)(F)F)ccc2N2CCOCC2)cc1. The van der Waals surface area contributed by atoms with Crippen LogP contribution in [0.3, 0.4) is 0 Å². The van der Waals surface area contributed by atoms with Crippen molar-refractivity contribution in [3.8, 4) is 0 Å². The number of sulfonamides is 1. The van der Waals surface area contributed by atoms with Crippen molar-refractivity contribution in [2.45, 2.75) is 36.9 Å². The molecule has 2 aromatic rings. The van der Waals surface area contributed by atoms with E-state index in [2.05, 4.69) is 5.32 Å². The highest BCUT2D eigenvalue weighted by Crippen LogP contribution is 2.36. The summed E-state index contributed by atoms with van der Waals surface area (Å²) < 4.78 is 73.0. The quantitative estimate of drug-likeness (QED) is 0.683. The fourth-order valence-corrected chi connectivity index (χ4v) is 5.90. The number of hydrogen-bond donors (Lipinski definition) is 1. The molecule has 1 N–H and O–H groups in total. The van der Waals surface area contributed by atoms with Crippen LogP contribution in [0.5, 0.6) is 0 Å². The van der Waals surface area contributed by atoms with Crippen LogP contribution < -0.4 is 10.2 Å². The molecule has 184 valence electrons. The van der Waals surface area contributed by atoms with E-state index in [0.717, 1.165) is 22.0 Å². The molecular formula is C23H26F3N3O4S. The number of ether oxygens (including phenoxy) is 1. The molecule has 2 aliphatic heterocycles. The first kappa shape index (κ1) is 24.5. The number of carbonyl (C=O) groups is 1. The molecule has 2 aromatic carbocycles. The number of halogens is 3. The molecule has 0 unspecified atom stereocenters. The average molecular weight is 498 g/mol. The van der Waals surface area contributed by atoms with Crippen molar-refractivity contribution in [1.29, 1.82) is 0 Å². The summed E-state index contributed by atoms with van der Waals surface area (Å²) in [5, 5.41) is 2.60. The summed E-state index contributed by atoms with van der Waals surface area (Å²) in [5.74, 6) is -0.651. The molecule has 2 fully saturated rings. The van der Waals surface area contributed by atoms with Gasteiger partial charge in [-0.25, -0.2) is 8.42 Å². The molecule has 1 amide bonds. The van der Waals surface area contributed by atoms with Crippen molar-refractivity contribution < 1.29 is 31.1 Å². The Kier molecular flexibility index (Phi) is 6.88. The molecule has 2 heterocycles. The summed E-state index contributed by atoms with van der Waals surface area (Å²) in [5.41, 5.74) is 0.446. The minimum atomic E-state index is -4.59. The molecule has 7 nitrogen and oxygen atoms in total. The van der Waals surface area contributed by atoms with Gasteiger partial charge >= 0.3 is 6.18 Å². The van der Waals surface area contributed by atoms with Crippen LogP contribution in [0.2, 0.25) is 0 Å². The number of aryl methyl sites for hydroxylation is 1. The predicted octanol–water partition coefficient (Wildman–Crippen LogP) is 3.64. The van der Waals surface area contributed by atoms with Crippen molar-refractivity contribution in [2.24, 2.45) is 0 Å². The zero-order valence-corrected chi connectivity index (χ0v) is 19.5. The highest BCUT2D eigenvalue weighted by atomic mass is 32.2. The van der Waals surface area contributed by atoms with E-state index in [9.17, 15) is 26.4 Å². The normalized spacial score (nSPS) is 19.9. The Morgan fingerprint density at radius 1 is 1.06 bits per heavy atom. The number of hydrogen-bond acceptors (Lipinski definition) is 5. The minimum Gasteiger partial charge on any atom is -0.378 e. The first-order chi connectivity index (χ1) is 16.1. The monoisotopic (exact) mass is 497 g/mol. The van der Waals surface area contributed by atoms with E-state index in [4.69, 9.17) is 4.74 Å². The zero-order chi connectivity index (χ0) is 24.5. The van der Waals surface area contributed by atoms with E-state index >= 15 is 0 Å². The molecule has 2 saturated heterocycles. The van der Waals surface area contributed by atoms with Gasteiger partial charge in [-0.2, -0.15) is 17.5 Å². The third kappa shape index (κ3) is 5.06. The largest absolute Gasteiger partial charge is 0.416 e. The van der Waals surface area contributed by atoms with Gasteiger partial charge in [0.2, 0.25) is 15.9 Å². The summed E-state index contributed by atoms with van der Waals surface area (Å²) in [6, 6.07) is 8.52. The number of carbonyl (C=O) groups excluding carboxylic acids is 1.